The Morgan fingerprint density at radius 1 is 1.56 bits per heavy atom. The van der Waals surface area contributed by atoms with Gasteiger partial charge in [0.1, 0.15) is 11.6 Å². The number of rotatable bonds is 4. The van der Waals surface area contributed by atoms with Gasteiger partial charge in [-0.15, -0.1) is 0 Å². The van der Waals surface area contributed by atoms with Crippen LogP contribution in [0.2, 0.25) is 0 Å². The second-order valence-electron chi connectivity index (χ2n) is 4.76. The highest BCUT2D eigenvalue weighted by molar-refractivity contribution is 5.83. The quantitative estimate of drug-likeness (QED) is 0.593. The molecule has 1 aliphatic carbocycles. The van der Waals surface area contributed by atoms with Gasteiger partial charge in [-0.3, -0.25) is 0 Å². The van der Waals surface area contributed by atoms with Crippen LogP contribution in [0.3, 0.4) is 0 Å². The van der Waals surface area contributed by atoms with Gasteiger partial charge in [-0.2, -0.15) is 0 Å². The molecule has 0 spiro atoms. The van der Waals surface area contributed by atoms with E-state index in [0.29, 0.717) is 11.6 Å². The molecule has 0 fully saturated rings. The van der Waals surface area contributed by atoms with Crippen molar-refractivity contribution in [2.75, 3.05) is 14.1 Å². The van der Waals surface area contributed by atoms with E-state index in [0.717, 1.165) is 6.42 Å². The van der Waals surface area contributed by atoms with E-state index in [1.165, 1.54) is 5.57 Å². The monoisotopic (exact) mass is 241 g/mol. The molecule has 16 heavy (non-hydrogen) atoms. The molecule has 1 aliphatic rings. The maximum atomic E-state index is 7.71. The van der Waals surface area contributed by atoms with Gasteiger partial charge >= 0.3 is 0 Å². The molecule has 3 unspecified atom stereocenters. The van der Waals surface area contributed by atoms with Gasteiger partial charge in [0.05, 0.1) is 11.8 Å². The molecule has 1 N–H and O–H groups in total. The van der Waals surface area contributed by atoms with Gasteiger partial charge in [-0.25, -0.2) is 0 Å². The molecule has 0 aliphatic heterocycles. The van der Waals surface area contributed by atoms with E-state index in [9.17, 15) is 0 Å². The summed E-state index contributed by atoms with van der Waals surface area (Å²) < 4.78 is 0. The third-order valence-electron chi connectivity index (χ3n) is 3.09. The Morgan fingerprint density at radius 2 is 2.19 bits per heavy atom. The molecule has 0 aromatic rings. The van der Waals surface area contributed by atoms with Crippen LogP contribution >= 0.6 is 0 Å². The van der Waals surface area contributed by atoms with E-state index in [2.05, 4.69) is 30.1 Å². The number of halogens is 1. The van der Waals surface area contributed by atoms with Crippen molar-refractivity contribution < 1.29 is 11.6 Å². The smallest absolute Gasteiger partial charge is 0.232 e. The largest absolute Gasteiger partial charge is 0.304 e. The molecule has 3 heteroatoms. The number of allylic oxidation sites excluding steroid dienone is 3. The fraction of sp³-hybridized carbons (Fsp3) is 0.615. The van der Waals surface area contributed by atoms with Crippen LogP contribution in [-0.4, -0.2) is 36.1 Å². The van der Waals surface area contributed by atoms with Gasteiger partial charge < -0.3 is 10.3 Å². The second kappa shape index (κ2) is 5.65. The zero-order chi connectivity index (χ0) is 12.3. The average Bonchev–Trinajstić information content (AvgIpc) is 2.20. The average molecular weight is 242 g/mol. The Kier molecular flexibility index (Phi) is 4.75. The lowest BCUT2D eigenvalue weighted by atomic mass is 9.87. The molecule has 0 amide bonds. The fourth-order valence-electron chi connectivity index (χ4n) is 2.13. The Labute approximate surface area is 103 Å². The summed E-state index contributed by atoms with van der Waals surface area (Å²) in [6.07, 6.45) is 7.68. The number of hydrogen-bond acceptors (Lipinski definition) is 2. The molecule has 0 aromatic heterocycles. The summed E-state index contributed by atoms with van der Waals surface area (Å²) >= 11 is 5.45. The Bertz CT molecular complexity index is 318. The third-order valence-corrected chi connectivity index (χ3v) is 3.72. The minimum atomic E-state index is -0.101. The highest BCUT2D eigenvalue weighted by Gasteiger charge is 2.35. The molecule has 1 rings (SSSR count). The van der Waals surface area contributed by atoms with E-state index in [1.54, 1.807) is 0 Å². The first kappa shape index (κ1) is 13.5. The minimum absolute atomic E-state index is 0.101. The summed E-state index contributed by atoms with van der Waals surface area (Å²) in [7, 11) is 4.10. The van der Waals surface area contributed by atoms with E-state index >= 15 is 0 Å². The topological polar surface area (TPSA) is 27.1 Å². The molecule has 0 bridgehead atoms. The SMILES string of the molecule is CC(=N)C([ClH+])C(C1C=CC(C)=CC1)N(C)C. The first-order chi connectivity index (χ1) is 7.43. The first-order valence-electron chi connectivity index (χ1n) is 5.65. The molecule has 0 aromatic carbocycles. The maximum Gasteiger partial charge on any atom is 0.232 e. The molecule has 3 atom stereocenters. The van der Waals surface area contributed by atoms with E-state index in [1.807, 2.05) is 21.0 Å². The molecular formula is C13H22ClN2+. The van der Waals surface area contributed by atoms with Crippen molar-refractivity contribution in [1.82, 2.24) is 4.90 Å². The summed E-state index contributed by atoms with van der Waals surface area (Å²) in [5.41, 5.74) is 1.91. The Morgan fingerprint density at radius 3 is 2.56 bits per heavy atom. The summed E-state index contributed by atoms with van der Waals surface area (Å²) in [6.45, 7) is 3.92. The van der Waals surface area contributed by atoms with Crippen molar-refractivity contribution in [3.05, 3.63) is 23.8 Å². The van der Waals surface area contributed by atoms with Crippen molar-refractivity contribution in [3.8, 4) is 0 Å². The number of hydrogen-bond donors (Lipinski definition) is 1. The third kappa shape index (κ3) is 3.19. The molecule has 2 nitrogen and oxygen atoms in total. The summed E-state index contributed by atoms with van der Waals surface area (Å²) in [6, 6.07) is 0.244. The van der Waals surface area contributed by atoms with E-state index in [-0.39, 0.29) is 11.4 Å². The summed E-state index contributed by atoms with van der Waals surface area (Å²) in [5.74, 6) is 0.432. The van der Waals surface area contributed by atoms with Crippen molar-refractivity contribution in [2.45, 2.75) is 31.7 Å². The standard InChI is InChI=1S/C13H22ClN2/c1-9-5-7-11(8-6-9)13(16(3)4)12(14)10(2)15/h5-7,11-15H,8H2,1-4H3/q+1. The fourth-order valence-corrected chi connectivity index (χ4v) is 2.58. The van der Waals surface area contributed by atoms with E-state index in [4.69, 9.17) is 17.0 Å². The lowest BCUT2D eigenvalue weighted by Gasteiger charge is -2.31. The Balaban J connectivity index is 2.80. The van der Waals surface area contributed by atoms with Crippen molar-refractivity contribution in [1.29, 1.82) is 5.41 Å². The molecule has 0 saturated carbocycles. The van der Waals surface area contributed by atoms with Crippen LogP contribution in [0.25, 0.3) is 0 Å². The van der Waals surface area contributed by atoms with Crippen LogP contribution in [0.5, 0.6) is 0 Å². The van der Waals surface area contributed by atoms with Gasteiger partial charge in [0.25, 0.3) is 0 Å². The van der Waals surface area contributed by atoms with Gasteiger partial charge in [-0.1, -0.05) is 23.8 Å². The van der Waals surface area contributed by atoms with Crippen LogP contribution in [-0.2, 0) is 0 Å². The van der Waals surface area contributed by atoms with Crippen molar-refractivity contribution >= 4 is 5.71 Å². The maximum absolute atomic E-state index is 7.71. The number of alkyl halides is 1. The lowest BCUT2D eigenvalue weighted by molar-refractivity contribution is -0.408. The van der Waals surface area contributed by atoms with Crippen LogP contribution in [0, 0.1) is 22.9 Å². The van der Waals surface area contributed by atoms with E-state index < -0.39 is 0 Å². The Hall–Kier alpha value is -0.600. The van der Waals surface area contributed by atoms with Crippen LogP contribution in [0.1, 0.15) is 20.3 Å². The predicted molar refractivity (Wildman–Crippen MR) is 67.1 cm³/mol. The zero-order valence-corrected chi connectivity index (χ0v) is 11.3. The zero-order valence-electron chi connectivity index (χ0n) is 10.5. The molecule has 0 heterocycles. The predicted octanol–water partition coefficient (Wildman–Crippen LogP) is 2.13. The number of nitrogens with one attached hydrogen (secondary N) is 1. The minimum Gasteiger partial charge on any atom is -0.304 e. The molecular weight excluding hydrogens is 220 g/mol. The van der Waals surface area contributed by atoms with Crippen molar-refractivity contribution in [3.63, 3.8) is 0 Å². The summed E-state index contributed by atoms with van der Waals surface area (Å²) in [5, 5.41) is 7.61. The number of nitrogens with zero attached hydrogens (tertiary/aromatic N) is 1. The van der Waals surface area contributed by atoms with Gasteiger partial charge in [-0.05, 0) is 34.4 Å². The van der Waals surface area contributed by atoms with Gasteiger partial charge in [0.15, 0.2) is 0 Å². The lowest BCUT2D eigenvalue weighted by Crippen LogP contribution is -2.46. The molecule has 0 radical (unpaired) electrons. The van der Waals surface area contributed by atoms with Gasteiger partial charge in [0, 0.05) is 5.92 Å². The molecule has 90 valence electrons. The van der Waals surface area contributed by atoms with Gasteiger partial charge in [0.2, 0.25) is 5.38 Å². The second-order valence-corrected chi connectivity index (χ2v) is 5.27. The van der Waals surface area contributed by atoms with Crippen LogP contribution in [0.4, 0.5) is 0 Å². The molecule has 0 saturated heterocycles. The van der Waals surface area contributed by atoms with Crippen molar-refractivity contribution in [2.24, 2.45) is 5.92 Å². The first-order valence-corrected chi connectivity index (χ1v) is 6.13. The highest BCUT2D eigenvalue weighted by Crippen LogP contribution is 2.24. The highest BCUT2D eigenvalue weighted by atomic mass is 35.5. The summed E-state index contributed by atoms with van der Waals surface area (Å²) in [4.78, 5) is 2.15. The van der Waals surface area contributed by atoms with Crippen LogP contribution < -0.4 is 0 Å². The normalized spacial score (nSPS) is 24.1. The van der Waals surface area contributed by atoms with Crippen LogP contribution in [0.15, 0.2) is 23.8 Å².